The quantitative estimate of drug-likeness (QED) is 0.648. The number of rotatable bonds is 7. The van der Waals surface area contributed by atoms with Gasteiger partial charge < -0.3 is 15.2 Å². The number of piperidine rings is 1. The topological polar surface area (TPSA) is 61.8 Å². The number of ether oxygens (including phenoxy) is 1. The van der Waals surface area contributed by atoms with Gasteiger partial charge in [-0.1, -0.05) is 6.42 Å². The molecule has 106 valence electrons. The number of nitrogens with one attached hydrogen (secondary N) is 1. The van der Waals surface area contributed by atoms with E-state index in [0.717, 1.165) is 25.8 Å². The molecule has 1 aliphatic rings. The lowest BCUT2D eigenvalue weighted by Gasteiger charge is -2.39. The van der Waals surface area contributed by atoms with Crippen LogP contribution in [0.3, 0.4) is 0 Å². The maximum atomic E-state index is 12.0. The molecule has 0 radical (unpaired) electrons. The zero-order valence-electron chi connectivity index (χ0n) is 11.5. The number of aliphatic hydroxyl groups is 1. The van der Waals surface area contributed by atoms with E-state index < -0.39 is 0 Å². The van der Waals surface area contributed by atoms with E-state index in [1.165, 1.54) is 6.42 Å². The van der Waals surface area contributed by atoms with Crippen LogP contribution in [-0.2, 0) is 9.53 Å². The lowest BCUT2D eigenvalue weighted by atomic mass is 9.97. The molecule has 1 rings (SSSR count). The molecule has 0 spiro atoms. The molecule has 5 heteroatoms. The Labute approximate surface area is 109 Å². The molecule has 0 aromatic heterocycles. The van der Waals surface area contributed by atoms with Crippen molar-refractivity contribution in [2.24, 2.45) is 0 Å². The number of amides is 1. The van der Waals surface area contributed by atoms with Crippen LogP contribution in [0.5, 0.6) is 0 Å². The van der Waals surface area contributed by atoms with Crippen LogP contribution in [0, 0.1) is 0 Å². The first-order chi connectivity index (χ1) is 8.70. The molecule has 1 fully saturated rings. The van der Waals surface area contributed by atoms with Gasteiger partial charge in [-0.3, -0.25) is 9.69 Å². The van der Waals surface area contributed by atoms with Crippen LogP contribution in [-0.4, -0.2) is 61.4 Å². The maximum absolute atomic E-state index is 12.0. The molecule has 0 aliphatic carbocycles. The SMILES string of the molecule is COCCNC(=O)C(C)N1CCCCC1CCO. The number of methoxy groups -OCH3 is 1. The van der Waals surface area contributed by atoms with Crippen LogP contribution in [0.15, 0.2) is 0 Å². The van der Waals surface area contributed by atoms with Gasteiger partial charge in [-0.25, -0.2) is 0 Å². The van der Waals surface area contributed by atoms with Crippen LogP contribution < -0.4 is 5.32 Å². The fourth-order valence-electron chi connectivity index (χ4n) is 2.57. The Kier molecular flexibility index (Phi) is 7.23. The number of hydrogen-bond acceptors (Lipinski definition) is 4. The molecule has 1 saturated heterocycles. The molecule has 2 atom stereocenters. The summed E-state index contributed by atoms with van der Waals surface area (Å²) in [6, 6.07) is 0.214. The van der Waals surface area contributed by atoms with E-state index in [-0.39, 0.29) is 18.6 Å². The molecular weight excluding hydrogens is 232 g/mol. The average molecular weight is 258 g/mol. The Bertz CT molecular complexity index is 246. The van der Waals surface area contributed by atoms with Crippen molar-refractivity contribution >= 4 is 5.91 Å². The molecule has 18 heavy (non-hydrogen) atoms. The molecule has 0 bridgehead atoms. The summed E-state index contributed by atoms with van der Waals surface area (Å²) in [5, 5.41) is 12.0. The first-order valence-electron chi connectivity index (χ1n) is 6.84. The van der Waals surface area contributed by atoms with Gasteiger partial charge in [-0.15, -0.1) is 0 Å². The highest BCUT2D eigenvalue weighted by Crippen LogP contribution is 2.21. The maximum Gasteiger partial charge on any atom is 0.237 e. The molecular formula is C13H26N2O3. The molecule has 1 aliphatic heterocycles. The minimum absolute atomic E-state index is 0.0527. The predicted octanol–water partition coefficient (Wildman–Crippen LogP) is 0.374. The predicted molar refractivity (Wildman–Crippen MR) is 70.4 cm³/mol. The third kappa shape index (κ3) is 4.55. The molecule has 2 N–H and O–H groups in total. The highest BCUT2D eigenvalue weighted by Gasteiger charge is 2.29. The minimum Gasteiger partial charge on any atom is -0.396 e. The summed E-state index contributed by atoms with van der Waals surface area (Å²) in [5.41, 5.74) is 0. The molecule has 5 nitrogen and oxygen atoms in total. The molecule has 1 heterocycles. The fourth-order valence-corrected chi connectivity index (χ4v) is 2.57. The highest BCUT2D eigenvalue weighted by molar-refractivity contribution is 5.81. The first kappa shape index (κ1) is 15.4. The summed E-state index contributed by atoms with van der Waals surface area (Å²) in [4.78, 5) is 14.2. The van der Waals surface area contributed by atoms with Crippen LogP contribution >= 0.6 is 0 Å². The number of hydrogen-bond donors (Lipinski definition) is 2. The lowest BCUT2D eigenvalue weighted by Crippen LogP contribution is -2.52. The second-order valence-electron chi connectivity index (χ2n) is 4.86. The minimum atomic E-state index is -0.126. The average Bonchev–Trinajstić information content (AvgIpc) is 2.39. The van der Waals surface area contributed by atoms with Crippen LogP contribution in [0.4, 0.5) is 0 Å². The van der Waals surface area contributed by atoms with E-state index in [1.807, 2.05) is 6.92 Å². The zero-order valence-corrected chi connectivity index (χ0v) is 11.5. The summed E-state index contributed by atoms with van der Waals surface area (Å²) >= 11 is 0. The van der Waals surface area contributed by atoms with Crippen molar-refractivity contribution in [3.63, 3.8) is 0 Å². The van der Waals surface area contributed by atoms with E-state index >= 15 is 0 Å². The van der Waals surface area contributed by atoms with E-state index in [2.05, 4.69) is 10.2 Å². The van der Waals surface area contributed by atoms with Gasteiger partial charge >= 0.3 is 0 Å². The van der Waals surface area contributed by atoms with E-state index in [0.29, 0.717) is 19.2 Å². The van der Waals surface area contributed by atoms with E-state index in [4.69, 9.17) is 9.84 Å². The van der Waals surface area contributed by atoms with Gasteiger partial charge in [0.25, 0.3) is 0 Å². The molecule has 0 aromatic rings. The Morgan fingerprint density at radius 2 is 2.33 bits per heavy atom. The third-order valence-corrected chi connectivity index (χ3v) is 3.62. The Hall–Kier alpha value is -0.650. The van der Waals surface area contributed by atoms with Gasteiger partial charge in [0, 0.05) is 26.3 Å². The van der Waals surface area contributed by atoms with Crippen molar-refractivity contribution in [1.82, 2.24) is 10.2 Å². The number of nitrogens with zero attached hydrogens (tertiary/aromatic N) is 1. The second kappa shape index (κ2) is 8.45. The fraction of sp³-hybridized carbons (Fsp3) is 0.923. The van der Waals surface area contributed by atoms with Crippen LogP contribution in [0.25, 0.3) is 0 Å². The van der Waals surface area contributed by atoms with Crippen molar-refractivity contribution in [3.05, 3.63) is 0 Å². The number of likely N-dealkylation sites (tertiary alicyclic amines) is 1. The monoisotopic (exact) mass is 258 g/mol. The largest absolute Gasteiger partial charge is 0.396 e. The molecule has 0 aromatic carbocycles. The molecule has 1 amide bonds. The van der Waals surface area contributed by atoms with Gasteiger partial charge in [0.05, 0.1) is 12.6 Å². The van der Waals surface area contributed by atoms with Gasteiger partial charge in [0.1, 0.15) is 0 Å². The number of aliphatic hydroxyl groups excluding tert-OH is 1. The smallest absolute Gasteiger partial charge is 0.237 e. The number of carbonyl (C=O) groups excluding carboxylic acids is 1. The zero-order chi connectivity index (χ0) is 13.4. The van der Waals surface area contributed by atoms with Gasteiger partial charge in [-0.05, 0) is 32.7 Å². The van der Waals surface area contributed by atoms with E-state index in [1.54, 1.807) is 7.11 Å². The standard InChI is InChI=1S/C13H26N2O3/c1-11(13(17)14-7-10-18-2)15-8-4-3-5-12(15)6-9-16/h11-12,16H,3-10H2,1-2H3,(H,14,17). The molecule has 0 saturated carbocycles. The van der Waals surface area contributed by atoms with Crippen LogP contribution in [0.2, 0.25) is 0 Å². The summed E-state index contributed by atoms with van der Waals surface area (Å²) in [5.74, 6) is 0.0527. The van der Waals surface area contributed by atoms with Crippen LogP contribution in [0.1, 0.15) is 32.6 Å². The summed E-state index contributed by atoms with van der Waals surface area (Å²) in [7, 11) is 1.62. The van der Waals surface area contributed by atoms with Crippen molar-refractivity contribution in [2.75, 3.05) is 33.4 Å². The van der Waals surface area contributed by atoms with Gasteiger partial charge in [0.15, 0.2) is 0 Å². The summed E-state index contributed by atoms with van der Waals surface area (Å²) < 4.78 is 4.92. The van der Waals surface area contributed by atoms with Crippen molar-refractivity contribution < 1.29 is 14.6 Å². The lowest BCUT2D eigenvalue weighted by molar-refractivity contribution is -0.127. The van der Waals surface area contributed by atoms with E-state index in [9.17, 15) is 4.79 Å². The third-order valence-electron chi connectivity index (χ3n) is 3.62. The summed E-state index contributed by atoms with van der Waals surface area (Å²) in [6.45, 7) is 4.18. The van der Waals surface area contributed by atoms with Gasteiger partial charge in [0.2, 0.25) is 5.91 Å². The Balaban J connectivity index is 2.45. The van der Waals surface area contributed by atoms with Crippen molar-refractivity contribution in [1.29, 1.82) is 0 Å². The van der Waals surface area contributed by atoms with Crippen molar-refractivity contribution in [2.45, 2.75) is 44.7 Å². The normalized spacial score (nSPS) is 22.7. The van der Waals surface area contributed by atoms with Gasteiger partial charge in [-0.2, -0.15) is 0 Å². The Morgan fingerprint density at radius 1 is 1.56 bits per heavy atom. The number of carbonyl (C=O) groups is 1. The summed E-state index contributed by atoms with van der Waals surface area (Å²) in [6.07, 6.45) is 4.17. The van der Waals surface area contributed by atoms with Crippen molar-refractivity contribution in [3.8, 4) is 0 Å². The molecule has 2 unspecified atom stereocenters. The first-order valence-corrected chi connectivity index (χ1v) is 6.84. The highest BCUT2D eigenvalue weighted by atomic mass is 16.5. The second-order valence-corrected chi connectivity index (χ2v) is 4.86. The Morgan fingerprint density at radius 3 is 3.00 bits per heavy atom.